The van der Waals surface area contributed by atoms with Crippen molar-refractivity contribution in [1.29, 1.82) is 0 Å². The summed E-state index contributed by atoms with van der Waals surface area (Å²) in [7, 11) is 0. The fraction of sp³-hybridized carbons (Fsp3) is 0.286. The molecule has 2 rings (SSSR count). The first kappa shape index (κ1) is 5.82. The van der Waals surface area contributed by atoms with Gasteiger partial charge in [0.2, 0.25) is 0 Å². The van der Waals surface area contributed by atoms with E-state index in [1.807, 2.05) is 6.07 Å². The van der Waals surface area contributed by atoms with Crippen molar-refractivity contribution in [3.05, 3.63) is 29.6 Å². The van der Waals surface area contributed by atoms with Crippen molar-refractivity contribution in [2.45, 2.75) is 13.1 Å². The summed E-state index contributed by atoms with van der Waals surface area (Å²) in [5, 5.41) is 1.76. The summed E-state index contributed by atoms with van der Waals surface area (Å²) >= 11 is 0. The first-order valence-corrected chi connectivity index (χ1v) is 3.28. The van der Waals surface area contributed by atoms with Gasteiger partial charge in [0, 0.05) is 12.7 Å². The Morgan fingerprint density at radius 2 is 2.40 bits per heavy atom. The third kappa shape index (κ3) is 0.798. The smallest absolute Gasteiger partial charge is 0.0604 e. The van der Waals surface area contributed by atoms with Gasteiger partial charge in [-0.15, -0.1) is 0 Å². The average Bonchev–Trinajstić information content (AvgIpc) is 2.27. The van der Waals surface area contributed by atoms with Crippen LogP contribution in [0, 0.1) is 0 Å². The SMILES string of the molecule is NN1Cc2cccnc2C1. The van der Waals surface area contributed by atoms with E-state index in [2.05, 4.69) is 11.1 Å². The average molecular weight is 135 g/mol. The van der Waals surface area contributed by atoms with Crippen LogP contribution in [0.4, 0.5) is 0 Å². The summed E-state index contributed by atoms with van der Waals surface area (Å²) in [5.74, 6) is 5.58. The second-order valence-corrected chi connectivity index (χ2v) is 2.51. The summed E-state index contributed by atoms with van der Waals surface area (Å²) in [4.78, 5) is 4.19. The van der Waals surface area contributed by atoms with Crippen molar-refractivity contribution in [2.24, 2.45) is 5.84 Å². The summed E-state index contributed by atoms with van der Waals surface area (Å²) in [6, 6.07) is 4.01. The van der Waals surface area contributed by atoms with Crippen molar-refractivity contribution < 1.29 is 0 Å². The van der Waals surface area contributed by atoms with Crippen molar-refractivity contribution in [3.63, 3.8) is 0 Å². The molecule has 0 saturated heterocycles. The number of nitrogens with zero attached hydrogens (tertiary/aromatic N) is 2. The molecule has 0 radical (unpaired) electrons. The van der Waals surface area contributed by atoms with E-state index in [9.17, 15) is 0 Å². The van der Waals surface area contributed by atoms with E-state index in [0.29, 0.717) is 0 Å². The van der Waals surface area contributed by atoms with Gasteiger partial charge in [-0.1, -0.05) is 6.07 Å². The number of fused-ring (bicyclic) bond motifs is 1. The quantitative estimate of drug-likeness (QED) is 0.519. The van der Waals surface area contributed by atoms with Gasteiger partial charge in [0.05, 0.1) is 12.2 Å². The minimum Gasteiger partial charge on any atom is -0.268 e. The van der Waals surface area contributed by atoms with Gasteiger partial charge in [-0.3, -0.25) is 10.8 Å². The molecular weight excluding hydrogens is 126 g/mol. The van der Waals surface area contributed by atoms with Gasteiger partial charge in [0.25, 0.3) is 0 Å². The highest BCUT2D eigenvalue weighted by Gasteiger charge is 2.15. The van der Waals surface area contributed by atoms with Crippen LogP contribution in [0.5, 0.6) is 0 Å². The fourth-order valence-electron chi connectivity index (χ4n) is 1.22. The molecule has 3 heteroatoms. The molecule has 0 unspecified atom stereocenters. The Bertz CT molecular complexity index is 221. The molecule has 0 aliphatic carbocycles. The van der Waals surface area contributed by atoms with Crippen LogP contribution in [0.3, 0.4) is 0 Å². The molecule has 3 nitrogen and oxygen atoms in total. The summed E-state index contributed by atoms with van der Waals surface area (Å²) in [6.07, 6.45) is 1.80. The maximum atomic E-state index is 5.58. The molecular formula is C7H9N3. The molecule has 0 fully saturated rings. The zero-order valence-corrected chi connectivity index (χ0v) is 5.62. The molecule has 1 aliphatic rings. The summed E-state index contributed by atoms with van der Waals surface area (Å²) in [6.45, 7) is 1.62. The lowest BCUT2D eigenvalue weighted by atomic mass is 10.2. The Kier molecular flexibility index (Phi) is 1.19. The van der Waals surface area contributed by atoms with E-state index < -0.39 is 0 Å². The maximum Gasteiger partial charge on any atom is 0.0604 e. The molecule has 10 heavy (non-hydrogen) atoms. The number of rotatable bonds is 0. The zero-order valence-electron chi connectivity index (χ0n) is 5.62. The van der Waals surface area contributed by atoms with E-state index in [1.165, 1.54) is 5.56 Å². The Morgan fingerprint density at radius 1 is 1.50 bits per heavy atom. The topological polar surface area (TPSA) is 42.1 Å². The van der Waals surface area contributed by atoms with Crippen LogP contribution >= 0.6 is 0 Å². The van der Waals surface area contributed by atoms with E-state index in [-0.39, 0.29) is 0 Å². The Labute approximate surface area is 59.4 Å². The summed E-state index contributed by atoms with van der Waals surface area (Å²) in [5.41, 5.74) is 2.37. The highest BCUT2D eigenvalue weighted by molar-refractivity contribution is 5.22. The molecule has 2 N–H and O–H groups in total. The van der Waals surface area contributed by atoms with Crippen molar-refractivity contribution >= 4 is 0 Å². The second-order valence-electron chi connectivity index (χ2n) is 2.51. The Balaban J connectivity index is 2.42. The highest BCUT2D eigenvalue weighted by Crippen LogP contribution is 2.15. The molecule has 0 spiro atoms. The van der Waals surface area contributed by atoms with Gasteiger partial charge in [-0.25, -0.2) is 5.01 Å². The maximum absolute atomic E-state index is 5.58. The first-order chi connectivity index (χ1) is 4.86. The predicted octanol–water partition coefficient (Wildman–Crippen LogP) is 0.271. The number of nitrogens with two attached hydrogens (primary N) is 1. The van der Waals surface area contributed by atoms with Gasteiger partial charge in [-0.2, -0.15) is 0 Å². The third-order valence-corrected chi connectivity index (χ3v) is 1.71. The highest BCUT2D eigenvalue weighted by atomic mass is 15.4. The third-order valence-electron chi connectivity index (χ3n) is 1.71. The molecule has 52 valence electrons. The van der Waals surface area contributed by atoms with Crippen LogP contribution in [0.15, 0.2) is 18.3 Å². The molecule has 0 saturated carbocycles. The Hall–Kier alpha value is -0.930. The molecule has 0 atom stereocenters. The lowest BCUT2D eigenvalue weighted by Gasteiger charge is -2.02. The number of hydrazine groups is 1. The largest absolute Gasteiger partial charge is 0.268 e. The number of hydrogen-bond donors (Lipinski definition) is 1. The number of hydrogen-bond acceptors (Lipinski definition) is 3. The van der Waals surface area contributed by atoms with E-state index in [4.69, 9.17) is 5.84 Å². The number of pyridine rings is 1. The minimum absolute atomic E-state index is 0.788. The predicted molar refractivity (Wildman–Crippen MR) is 37.7 cm³/mol. The van der Waals surface area contributed by atoms with Gasteiger partial charge in [0.1, 0.15) is 0 Å². The van der Waals surface area contributed by atoms with Crippen LogP contribution in [-0.4, -0.2) is 9.99 Å². The molecule has 0 aromatic carbocycles. The number of aromatic nitrogens is 1. The van der Waals surface area contributed by atoms with Crippen LogP contribution in [0.25, 0.3) is 0 Å². The van der Waals surface area contributed by atoms with Crippen molar-refractivity contribution in [2.75, 3.05) is 0 Å². The Morgan fingerprint density at radius 3 is 3.20 bits per heavy atom. The molecule has 2 heterocycles. The summed E-state index contributed by atoms with van der Waals surface area (Å²) < 4.78 is 0. The van der Waals surface area contributed by atoms with Crippen LogP contribution in [0.2, 0.25) is 0 Å². The molecule has 1 aliphatic heterocycles. The van der Waals surface area contributed by atoms with Crippen LogP contribution < -0.4 is 5.84 Å². The van der Waals surface area contributed by atoms with Gasteiger partial charge in [-0.05, 0) is 11.6 Å². The molecule has 1 aromatic heterocycles. The lowest BCUT2D eigenvalue weighted by Crippen LogP contribution is -2.23. The van der Waals surface area contributed by atoms with Crippen molar-refractivity contribution in [1.82, 2.24) is 9.99 Å². The molecule has 0 amide bonds. The van der Waals surface area contributed by atoms with Gasteiger partial charge < -0.3 is 0 Å². The zero-order chi connectivity index (χ0) is 6.97. The molecule has 0 bridgehead atoms. The van der Waals surface area contributed by atoms with Gasteiger partial charge >= 0.3 is 0 Å². The van der Waals surface area contributed by atoms with E-state index in [0.717, 1.165) is 18.8 Å². The second kappa shape index (κ2) is 2.04. The van der Waals surface area contributed by atoms with Crippen molar-refractivity contribution in [3.8, 4) is 0 Å². The van der Waals surface area contributed by atoms with E-state index in [1.54, 1.807) is 11.2 Å². The van der Waals surface area contributed by atoms with Crippen LogP contribution in [0.1, 0.15) is 11.3 Å². The van der Waals surface area contributed by atoms with Crippen LogP contribution in [-0.2, 0) is 13.1 Å². The fourth-order valence-corrected chi connectivity index (χ4v) is 1.22. The minimum atomic E-state index is 0.788. The monoisotopic (exact) mass is 135 g/mol. The lowest BCUT2D eigenvalue weighted by molar-refractivity contribution is 0.294. The molecule has 1 aromatic rings. The normalized spacial score (nSPS) is 17.3. The van der Waals surface area contributed by atoms with E-state index >= 15 is 0 Å². The first-order valence-electron chi connectivity index (χ1n) is 3.28. The van der Waals surface area contributed by atoms with Gasteiger partial charge in [0.15, 0.2) is 0 Å². The standard InChI is InChI=1S/C7H9N3/c8-10-4-6-2-1-3-9-7(6)5-10/h1-3H,4-5,8H2.